The van der Waals surface area contributed by atoms with Crippen molar-refractivity contribution < 1.29 is 4.74 Å². The van der Waals surface area contributed by atoms with Crippen molar-refractivity contribution in [3.63, 3.8) is 0 Å². The highest BCUT2D eigenvalue weighted by atomic mass is 16.5. The average molecular weight is 364 g/mol. The molecule has 0 bridgehead atoms. The molecule has 1 atom stereocenters. The van der Waals surface area contributed by atoms with Crippen LogP contribution in [0.3, 0.4) is 0 Å². The van der Waals surface area contributed by atoms with E-state index in [0.717, 1.165) is 36.9 Å². The molecule has 1 heterocycles. The first kappa shape index (κ1) is 20.6. The highest BCUT2D eigenvalue weighted by Crippen LogP contribution is 2.44. The van der Waals surface area contributed by atoms with E-state index in [4.69, 9.17) is 4.74 Å². The number of likely N-dealkylation sites (tertiary alicyclic amines) is 1. The first-order chi connectivity index (χ1) is 12.2. The minimum atomic E-state index is 0.249. The van der Waals surface area contributed by atoms with Crippen LogP contribution in [0.25, 0.3) is 0 Å². The van der Waals surface area contributed by atoms with E-state index in [9.17, 15) is 0 Å². The van der Waals surface area contributed by atoms with Crippen molar-refractivity contribution in [1.29, 1.82) is 0 Å². The van der Waals surface area contributed by atoms with Crippen LogP contribution in [0.2, 0.25) is 0 Å². The van der Waals surface area contributed by atoms with E-state index in [1.165, 1.54) is 57.8 Å². The lowest BCUT2D eigenvalue weighted by atomic mass is 9.69. The third-order valence-electron chi connectivity index (χ3n) is 8.81. The average Bonchev–Trinajstić information content (AvgIpc) is 2.76. The monoisotopic (exact) mass is 363 g/mol. The van der Waals surface area contributed by atoms with Crippen LogP contribution in [-0.4, -0.2) is 36.2 Å². The molecule has 26 heavy (non-hydrogen) atoms. The van der Waals surface area contributed by atoms with E-state index in [-0.39, 0.29) is 5.54 Å². The Balaban J connectivity index is 1.37. The van der Waals surface area contributed by atoms with Crippen molar-refractivity contribution in [2.24, 2.45) is 29.6 Å². The molecule has 1 saturated heterocycles. The van der Waals surface area contributed by atoms with Crippen LogP contribution in [0.1, 0.15) is 92.4 Å². The Labute approximate surface area is 163 Å². The van der Waals surface area contributed by atoms with Gasteiger partial charge in [-0.3, -0.25) is 4.90 Å². The number of hydrogen-bond donors (Lipinski definition) is 0. The lowest BCUT2D eigenvalue weighted by Gasteiger charge is -2.39. The molecule has 0 amide bonds. The number of hydrogen-bond acceptors (Lipinski definition) is 2. The molecule has 0 aromatic heterocycles. The van der Waals surface area contributed by atoms with Gasteiger partial charge in [-0.15, -0.1) is 0 Å². The Morgan fingerprint density at radius 3 is 1.85 bits per heavy atom. The molecule has 152 valence electrons. The summed E-state index contributed by atoms with van der Waals surface area (Å²) >= 11 is 0. The molecule has 0 N–H and O–H groups in total. The second kappa shape index (κ2) is 8.11. The molecule has 0 aromatic rings. The summed E-state index contributed by atoms with van der Waals surface area (Å²) in [6, 6.07) is 0. The number of nitrogens with zero attached hydrogens (tertiary/aromatic N) is 1. The number of ether oxygens (including phenoxy) is 1. The SMILES string of the molecule is CC1CCC(C2CCC(COCC3CC(C)(C)N(C)C3(C)C)CC2)CC1. The van der Waals surface area contributed by atoms with E-state index in [1.807, 2.05) is 0 Å². The summed E-state index contributed by atoms with van der Waals surface area (Å²) < 4.78 is 6.30. The van der Waals surface area contributed by atoms with Gasteiger partial charge in [0.25, 0.3) is 0 Å². The molecule has 3 rings (SSSR count). The molecule has 2 aliphatic carbocycles. The third-order valence-corrected chi connectivity index (χ3v) is 8.81. The van der Waals surface area contributed by atoms with Crippen molar-refractivity contribution in [3.8, 4) is 0 Å². The summed E-state index contributed by atoms with van der Waals surface area (Å²) in [5.74, 6) is 4.54. The van der Waals surface area contributed by atoms with Gasteiger partial charge in [0.2, 0.25) is 0 Å². The summed E-state index contributed by atoms with van der Waals surface area (Å²) in [4.78, 5) is 2.56. The second-order valence-electron chi connectivity index (χ2n) is 11.3. The highest BCUT2D eigenvalue weighted by Gasteiger charge is 2.49. The summed E-state index contributed by atoms with van der Waals surface area (Å²) in [6.45, 7) is 13.9. The first-order valence-electron chi connectivity index (χ1n) is 11.5. The molecule has 3 fully saturated rings. The molecule has 0 aromatic carbocycles. The Kier molecular flexibility index (Phi) is 6.44. The first-order valence-corrected chi connectivity index (χ1v) is 11.5. The zero-order valence-corrected chi connectivity index (χ0v) is 18.5. The smallest absolute Gasteiger partial charge is 0.0512 e. The lowest BCUT2D eigenvalue weighted by Crippen LogP contribution is -2.47. The van der Waals surface area contributed by atoms with Crippen LogP contribution in [0, 0.1) is 29.6 Å². The Bertz CT molecular complexity index is 441. The lowest BCUT2D eigenvalue weighted by molar-refractivity contribution is 0.0221. The van der Waals surface area contributed by atoms with Crippen LogP contribution in [0.4, 0.5) is 0 Å². The van der Waals surface area contributed by atoms with Crippen LogP contribution in [0.5, 0.6) is 0 Å². The van der Waals surface area contributed by atoms with Gasteiger partial charge in [0.05, 0.1) is 6.61 Å². The van der Waals surface area contributed by atoms with E-state index < -0.39 is 0 Å². The zero-order chi connectivity index (χ0) is 18.9. The largest absolute Gasteiger partial charge is 0.381 e. The fourth-order valence-electron chi connectivity index (χ4n) is 6.27. The molecule has 3 aliphatic rings. The summed E-state index contributed by atoms with van der Waals surface area (Å²) in [5, 5.41) is 0. The summed E-state index contributed by atoms with van der Waals surface area (Å²) in [6.07, 6.45) is 13.0. The van der Waals surface area contributed by atoms with Gasteiger partial charge in [-0.05, 0) is 103 Å². The molecular formula is C24H45NO. The maximum absolute atomic E-state index is 6.30. The Morgan fingerprint density at radius 1 is 0.808 bits per heavy atom. The fraction of sp³-hybridized carbons (Fsp3) is 1.00. The normalized spacial score (nSPS) is 40.6. The maximum Gasteiger partial charge on any atom is 0.0512 e. The van der Waals surface area contributed by atoms with Crippen molar-refractivity contribution >= 4 is 0 Å². The summed E-state index contributed by atoms with van der Waals surface area (Å²) in [7, 11) is 2.29. The van der Waals surface area contributed by atoms with Gasteiger partial charge in [0.15, 0.2) is 0 Å². The van der Waals surface area contributed by atoms with Gasteiger partial charge in [-0.25, -0.2) is 0 Å². The zero-order valence-electron chi connectivity index (χ0n) is 18.5. The van der Waals surface area contributed by atoms with E-state index in [0.29, 0.717) is 11.5 Å². The van der Waals surface area contributed by atoms with Gasteiger partial charge < -0.3 is 4.74 Å². The van der Waals surface area contributed by atoms with Gasteiger partial charge in [0, 0.05) is 23.6 Å². The van der Waals surface area contributed by atoms with E-state index >= 15 is 0 Å². The standard InChI is InChI=1S/C24H45NO/c1-18-7-11-20(12-8-18)21-13-9-19(10-14-21)16-26-17-22-15-23(2,3)25(6)24(22,4)5/h18-22H,7-17H2,1-6H3. The van der Waals surface area contributed by atoms with Gasteiger partial charge in [0.1, 0.15) is 0 Å². The maximum atomic E-state index is 6.30. The Hall–Kier alpha value is -0.0800. The molecular weight excluding hydrogens is 318 g/mol. The van der Waals surface area contributed by atoms with Gasteiger partial charge >= 0.3 is 0 Å². The van der Waals surface area contributed by atoms with Crippen LogP contribution >= 0.6 is 0 Å². The molecule has 1 aliphatic heterocycles. The minimum absolute atomic E-state index is 0.249. The third kappa shape index (κ3) is 4.49. The predicted octanol–water partition coefficient (Wildman–Crippen LogP) is 6.14. The van der Waals surface area contributed by atoms with E-state index in [1.54, 1.807) is 0 Å². The second-order valence-corrected chi connectivity index (χ2v) is 11.3. The molecule has 2 heteroatoms. The van der Waals surface area contributed by atoms with E-state index in [2.05, 4.69) is 46.6 Å². The number of rotatable bonds is 5. The molecule has 0 radical (unpaired) electrons. The Morgan fingerprint density at radius 2 is 1.35 bits per heavy atom. The molecule has 1 unspecified atom stereocenters. The van der Waals surface area contributed by atoms with Crippen molar-refractivity contribution in [3.05, 3.63) is 0 Å². The molecule has 2 nitrogen and oxygen atoms in total. The van der Waals surface area contributed by atoms with Crippen LogP contribution < -0.4 is 0 Å². The molecule has 2 saturated carbocycles. The van der Waals surface area contributed by atoms with Crippen LogP contribution in [0.15, 0.2) is 0 Å². The highest BCUT2D eigenvalue weighted by molar-refractivity contribution is 5.03. The van der Waals surface area contributed by atoms with Crippen molar-refractivity contribution in [2.75, 3.05) is 20.3 Å². The predicted molar refractivity (Wildman–Crippen MR) is 111 cm³/mol. The van der Waals surface area contributed by atoms with Crippen LogP contribution in [-0.2, 0) is 4.74 Å². The minimum Gasteiger partial charge on any atom is -0.381 e. The quantitative estimate of drug-likeness (QED) is 0.581. The van der Waals surface area contributed by atoms with Crippen molar-refractivity contribution in [2.45, 2.75) is 103 Å². The molecule has 0 spiro atoms. The summed E-state index contributed by atoms with van der Waals surface area (Å²) in [5.41, 5.74) is 0.548. The topological polar surface area (TPSA) is 12.5 Å². The van der Waals surface area contributed by atoms with Crippen molar-refractivity contribution in [1.82, 2.24) is 4.90 Å². The van der Waals surface area contributed by atoms with Gasteiger partial charge in [-0.2, -0.15) is 0 Å². The van der Waals surface area contributed by atoms with Gasteiger partial charge in [-0.1, -0.05) is 19.8 Å². The fourth-order valence-corrected chi connectivity index (χ4v) is 6.27.